The van der Waals surface area contributed by atoms with Crippen molar-refractivity contribution in [1.82, 2.24) is 15.1 Å². The van der Waals surface area contributed by atoms with Crippen LogP contribution in [0.2, 0.25) is 0 Å². The van der Waals surface area contributed by atoms with Crippen LogP contribution in [0.4, 0.5) is 0 Å². The van der Waals surface area contributed by atoms with Gasteiger partial charge in [0.25, 0.3) is 5.91 Å². The summed E-state index contributed by atoms with van der Waals surface area (Å²) in [4.78, 5) is 11.4. The first-order valence-electron chi connectivity index (χ1n) is 4.15. The van der Waals surface area contributed by atoms with Gasteiger partial charge in [-0.3, -0.25) is 9.48 Å². The predicted octanol–water partition coefficient (Wildman–Crippen LogP) is -0.451. The van der Waals surface area contributed by atoms with Crippen LogP contribution < -0.4 is 5.32 Å². The van der Waals surface area contributed by atoms with Crippen molar-refractivity contribution in [1.29, 1.82) is 0 Å². The number of amides is 1. The Morgan fingerprint density at radius 3 is 3.23 bits per heavy atom. The van der Waals surface area contributed by atoms with E-state index in [1.54, 1.807) is 24.0 Å². The largest absolute Gasteiger partial charge is 0.371 e. The highest BCUT2D eigenvalue weighted by Gasteiger charge is 2.23. The second-order valence-electron chi connectivity index (χ2n) is 3.01. The number of carbonyl (C=O) groups is 1. The number of hydrogen-bond donors (Lipinski definition) is 1. The van der Waals surface area contributed by atoms with E-state index >= 15 is 0 Å². The van der Waals surface area contributed by atoms with Gasteiger partial charge in [0, 0.05) is 19.8 Å². The predicted molar refractivity (Wildman–Crippen MR) is 45.3 cm³/mol. The third kappa shape index (κ3) is 1.86. The molecule has 1 amide bonds. The van der Waals surface area contributed by atoms with Gasteiger partial charge in [-0.05, 0) is 6.07 Å². The molecule has 0 unspecified atom stereocenters. The average Bonchev–Trinajstić information content (AvgIpc) is 2.84. The van der Waals surface area contributed by atoms with Gasteiger partial charge < -0.3 is 10.1 Å². The van der Waals surface area contributed by atoms with Gasteiger partial charge in [-0.25, -0.2) is 0 Å². The van der Waals surface area contributed by atoms with Gasteiger partial charge >= 0.3 is 0 Å². The van der Waals surface area contributed by atoms with E-state index in [9.17, 15) is 4.79 Å². The Morgan fingerprint density at radius 1 is 1.92 bits per heavy atom. The summed E-state index contributed by atoms with van der Waals surface area (Å²) in [7, 11) is 1.74. The Kier molecular flexibility index (Phi) is 2.02. The molecule has 1 N–H and O–H groups in total. The van der Waals surface area contributed by atoms with E-state index in [1.165, 1.54) is 0 Å². The maximum Gasteiger partial charge on any atom is 0.269 e. The van der Waals surface area contributed by atoms with Crippen LogP contribution in [0.15, 0.2) is 12.3 Å². The van der Waals surface area contributed by atoms with Crippen molar-refractivity contribution in [3.63, 3.8) is 0 Å². The standard InChI is InChI=1S/C8H11N3O2/c1-11-7(2-3-10-11)8(12)9-4-6-5-13-6/h2-3,6H,4-5H2,1H3,(H,9,12)/t6-/m0/s1. The Hall–Kier alpha value is -1.36. The number of nitrogens with one attached hydrogen (secondary N) is 1. The molecular formula is C8H11N3O2. The number of carbonyl (C=O) groups excluding carboxylic acids is 1. The molecule has 2 rings (SSSR count). The van der Waals surface area contributed by atoms with Crippen molar-refractivity contribution in [2.75, 3.05) is 13.2 Å². The van der Waals surface area contributed by atoms with Gasteiger partial charge in [-0.2, -0.15) is 5.10 Å². The highest BCUT2D eigenvalue weighted by Crippen LogP contribution is 2.06. The molecule has 0 bridgehead atoms. The molecule has 13 heavy (non-hydrogen) atoms. The number of aromatic nitrogens is 2. The highest BCUT2D eigenvalue weighted by molar-refractivity contribution is 5.92. The van der Waals surface area contributed by atoms with Crippen LogP contribution in [0.3, 0.4) is 0 Å². The van der Waals surface area contributed by atoms with E-state index in [1.807, 2.05) is 0 Å². The van der Waals surface area contributed by atoms with Crippen molar-refractivity contribution >= 4 is 5.91 Å². The van der Waals surface area contributed by atoms with Crippen LogP contribution >= 0.6 is 0 Å². The molecule has 1 aromatic rings. The molecule has 1 saturated heterocycles. The molecular weight excluding hydrogens is 170 g/mol. The minimum absolute atomic E-state index is 0.101. The summed E-state index contributed by atoms with van der Waals surface area (Å²) >= 11 is 0. The zero-order valence-electron chi connectivity index (χ0n) is 7.36. The summed E-state index contributed by atoms with van der Waals surface area (Å²) in [6, 6.07) is 1.68. The fourth-order valence-electron chi connectivity index (χ4n) is 1.08. The molecule has 0 spiro atoms. The van der Waals surface area contributed by atoms with Gasteiger partial charge in [-0.15, -0.1) is 0 Å². The molecule has 0 radical (unpaired) electrons. The van der Waals surface area contributed by atoms with E-state index in [0.717, 1.165) is 6.61 Å². The molecule has 70 valence electrons. The topological polar surface area (TPSA) is 59.5 Å². The van der Waals surface area contributed by atoms with Crippen LogP contribution in [0.1, 0.15) is 10.5 Å². The Morgan fingerprint density at radius 2 is 2.69 bits per heavy atom. The molecule has 1 aliphatic heterocycles. The van der Waals surface area contributed by atoms with Crippen LogP contribution in [-0.2, 0) is 11.8 Å². The van der Waals surface area contributed by atoms with Crippen LogP contribution in [-0.4, -0.2) is 34.9 Å². The first-order chi connectivity index (χ1) is 6.27. The first-order valence-corrected chi connectivity index (χ1v) is 4.15. The normalized spacial score (nSPS) is 19.9. The second-order valence-corrected chi connectivity index (χ2v) is 3.01. The summed E-state index contributed by atoms with van der Waals surface area (Å²) in [5.41, 5.74) is 0.570. The van der Waals surface area contributed by atoms with Crippen molar-refractivity contribution in [3.05, 3.63) is 18.0 Å². The van der Waals surface area contributed by atoms with Crippen LogP contribution in [0.25, 0.3) is 0 Å². The molecule has 1 aliphatic rings. The van der Waals surface area contributed by atoms with Gasteiger partial charge in [0.05, 0.1) is 12.7 Å². The van der Waals surface area contributed by atoms with Crippen LogP contribution in [0.5, 0.6) is 0 Å². The molecule has 0 saturated carbocycles. The molecule has 5 nitrogen and oxygen atoms in total. The first kappa shape index (κ1) is 8.25. The van der Waals surface area contributed by atoms with E-state index in [0.29, 0.717) is 12.2 Å². The van der Waals surface area contributed by atoms with E-state index in [-0.39, 0.29) is 12.0 Å². The minimum atomic E-state index is -0.101. The number of nitrogens with zero attached hydrogens (tertiary/aromatic N) is 2. The fourth-order valence-corrected chi connectivity index (χ4v) is 1.08. The third-order valence-electron chi connectivity index (χ3n) is 1.95. The smallest absolute Gasteiger partial charge is 0.269 e. The molecule has 1 fully saturated rings. The Balaban J connectivity index is 1.92. The molecule has 5 heteroatoms. The second kappa shape index (κ2) is 3.18. The summed E-state index contributed by atoms with van der Waals surface area (Å²) in [5, 5.41) is 6.67. The molecule has 0 aromatic carbocycles. The molecule has 0 aliphatic carbocycles. The van der Waals surface area contributed by atoms with Gasteiger partial charge in [-0.1, -0.05) is 0 Å². The number of rotatable bonds is 3. The van der Waals surface area contributed by atoms with Crippen molar-refractivity contribution in [3.8, 4) is 0 Å². The molecule has 2 heterocycles. The van der Waals surface area contributed by atoms with Gasteiger partial charge in [0.15, 0.2) is 0 Å². The maximum absolute atomic E-state index is 11.4. The van der Waals surface area contributed by atoms with Crippen LogP contribution in [0, 0.1) is 0 Å². The third-order valence-corrected chi connectivity index (χ3v) is 1.95. The van der Waals surface area contributed by atoms with E-state index in [2.05, 4.69) is 10.4 Å². The van der Waals surface area contributed by atoms with Gasteiger partial charge in [0.1, 0.15) is 5.69 Å². The quantitative estimate of drug-likeness (QED) is 0.642. The summed E-state index contributed by atoms with van der Waals surface area (Å²) in [6.45, 7) is 1.34. The lowest BCUT2D eigenvalue weighted by atomic mass is 10.4. The monoisotopic (exact) mass is 181 g/mol. The van der Waals surface area contributed by atoms with Crippen molar-refractivity contribution < 1.29 is 9.53 Å². The average molecular weight is 181 g/mol. The number of aryl methyl sites for hydroxylation is 1. The van der Waals surface area contributed by atoms with E-state index < -0.39 is 0 Å². The summed E-state index contributed by atoms with van der Waals surface area (Å²) in [5.74, 6) is -0.101. The van der Waals surface area contributed by atoms with Crippen molar-refractivity contribution in [2.24, 2.45) is 7.05 Å². The van der Waals surface area contributed by atoms with Crippen molar-refractivity contribution in [2.45, 2.75) is 6.10 Å². The SMILES string of the molecule is Cn1nccc1C(=O)NC[C@H]1CO1. The summed E-state index contributed by atoms with van der Waals surface area (Å²) in [6.07, 6.45) is 1.82. The number of epoxide rings is 1. The lowest BCUT2D eigenvalue weighted by Gasteiger charge is -2.02. The number of hydrogen-bond acceptors (Lipinski definition) is 3. The summed E-state index contributed by atoms with van der Waals surface area (Å²) < 4.78 is 6.51. The number of ether oxygens (including phenoxy) is 1. The highest BCUT2D eigenvalue weighted by atomic mass is 16.6. The Bertz CT molecular complexity index is 317. The zero-order valence-corrected chi connectivity index (χ0v) is 7.36. The lowest BCUT2D eigenvalue weighted by molar-refractivity contribution is 0.0941. The minimum Gasteiger partial charge on any atom is -0.371 e. The molecule has 1 aromatic heterocycles. The van der Waals surface area contributed by atoms with Gasteiger partial charge in [0.2, 0.25) is 0 Å². The Labute approximate surface area is 75.7 Å². The maximum atomic E-state index is 11.4. The lowest BCUT2D eigenvalue weighted by Crippen LogP contribution is -2.29. The zero-order chi connectivity index (χ0) is 9.26. The van der Waals surface area contributed by atoms with E-state index in [4.69, 9.17) is 4.74 Å². The molecule has 1 atom stereocenters. The fraction of sp³-hybridized carbons (Fsp3) is 0.500.